The highest BCUT2D eigenvalue weighted by Gasteiger charge is 2.78. The lowest BCUT2D eigenvalue weighted by molar-refractivity contribution is -0.346. The van der Waals surface area contributed by atoms with E-state index in [1.807, 2.05) is 0 Å². The first kappa shape index (κ1) is 44.3. The first-order valence-electron chi connectivity index (χ1n) is 20.4. The summed E-state index contributed by atoms with van der Waals surface area (Å²) in [5, 5.41) is 37.4. The predicted molar refractivity (Wildman–Crippen MR) is 216 cm³/mol. The smallest absolute Gasteiger partial charge is 0.339 e. The lowest BCUT2D eigenvalue weighted by Gasteiger charge is -2.67. The van der Waals surface area contributed by atoms with Crippen molar-refractivity contribution < 1.29 is 72.5 Å². The topological polar surface area (TPSA) is 218 Å². The van der Waals surface area contributed by atoms with Gasteiger partial charge in [-0.3, -0.25) is 14.4 Å². The van der Waals surface area contributed by atoms with Gasteiger partial charge < -0.3 is 43.7 Å². The molecule has 2 bridgehead atoms. The molecule has 0 spiro atoms. The summed E-state index contributed by atoms with van der Waals surface area (Å²) in [6, 6.07) is 23.8. The van der Waals surface area contributed by atoms with Gasteiger partial charge in [-0.1, -0.05) is 80.6 Å². The predicted octanol–water partition coefficient (Wildman–Crippen LogP) is 4.16. The van der Waals surface area contributed by atoms with Crippen LogP contribution < -0.4 is 0 Å². The van der Waals surface area contributed by atoms with E-state index in [4.69, 9.17) is 28.4 Å². The number of fused-ring (bicyclic) bond motifs is 5. The number of ketones is 1. The molecule has 3 fully saturated rings. The van der Waals surface area contributed by atoms with Gasteiger partial charge in [0, 0.05) is 32.1 Å². The maximum Gasteiger partial charge on any atom is 0.339 e. The van der Waals surface area contributed by atoms with Crippen LogP contribution in [0, 0.1) is 16.7 Å². The molecule has 11 atom stereocenters. The van der Waals surface area contributed by atoms with Crippen LogP contribution in [-0.4, -0.2) is 105 Å². The second kappa shape index (κ2) is 16.5. The maximum absolute atomic E-state index is 15.5. The lowest BCUT2D eigenvalue weighted by atomic mass is 9.44. The molecular formula is C47H50O15. The van der Waals surface area contributed by atoms with Crippen molar-refractivity contribution in [1.82, 2.24) is 0 Å². The van der Waals surface area contributed by atoms with Crippen LogP contribution in [0.5, 0.6) is 0 Å². The van der Waals surface area contributed by atoms with Crippen molar-refractivity contribution in [3.63, 3.8) is 0 Å². The molecule has 3 N–H and O–H groups in total. The number of hydrogen-bond acceptors (Lipinski definition) is 15. The van der Waals surface area contributed by atoms with Crippen molar-refractivity contribution in [2.75, 3.05) is 6.61 Å². The van der Waals surface area contributed by atoms with E-state index < -0.39 is 113 Å². The van der Waals surface area contributed by atoms with Gasteiger partial charge in [-0.25, -0.2) is 14.4 Å². The van der Waals surface area contributed by atoms with Crippen LogP contribution in [0.1, 0.15) is 86.8 Å². The van der Waals surface area contributed by atoms with Gasteiger partial charge in [0.15, 0.2) is 29.7 Å². The molecule has 0 aromatic heterocycles. The van der Waals surface area contributed by atoms with Crippen LogP contribution in [0.2, 0.25) is 0 Å². The summed E-state index contributed by atoms with van der Waals surface area (Å²) < 4.78 is 35.9. The minimum absolute atomic E-state index is 0.0185. The molecule has 1 saturated heterocycles. The fourth-order valence-corrected chi connectivity index (χ4v) is 10.1. The number of aliphatic hydroxyl groups is 3. The molecule has 0 amide bonds. The summed E-state index contributed by atoms with van der Waals surface area (Å²) in [6.07, 6.45) is -12.3. The maximum atomic E-state index is 15.5. The Balaban J connectivity index is 1.39. The van der Waals surface area contributed by atoms with Crippen molar-refractivity contribution in [2.24, 2.45) is 16.7 Å². The van der Waals surface area contributed by atoms with Gasteiger partial charge in [0.1, 0.15) is 23.9 Å². The zero-order chi connectivity index (χ0) is 44.9. The van der Waals surface area contributed by atoms with Crippen LogP contribution in [0.3, 0.4) is 0 Å². The van der Waals surface area contributed by atoms with E-state index in [-0.39, 0.29) is 40.9 Å². The van der Waals surface area contributed by atoms with Gasteiger partial charge in [0.25, 0.3) is 0 Å². The minimum atomic E-state index is -2.41. The van der Waals surface area contributed by atoms with E-state index in [0.29, 0.717) is 0 Å². The average Bonchev–Trinajstić information content (AvgIpc) is 3.24. The largest absolute Gasteiger partial charge is 0.456 e. The first-order chi connectivity index (χ1) is 29.3. The minimum Gasteiger partial charge on any atom is -0.456 e. The Labute approximate surface area is 357 Å². The van der Waals surface area contributed by atoms with Crippen molar-refractivity contribution in [3.8, 4) is 0 Å². The van der Waals surface area contributed by atoms with Gasteiger partial charge in [0.05, 0.1) is 35.2 Å². The normalized spacial score (nSPS) is 31.9. The molecule has 15 nitrogen and oxygen atoms in total. The summed E-state index contributed by atoms with van der Waals surface area (Å²) in [5.41, 5.74) is -7.33. The van der Waals surface area contributed by atoms with Crippen LogP contribution in [0.4, 0.5) is 0 Å². The Bertz CT molecular complexity index is 2280. The lowest BCUT2D eigenvalue weighted by Crippen LogP contribution is -2.82. The molecule has 1 heterocycles. The number of ether oxygens (including phenoxy) is 6. The molecule has 15 heteroatoms. The van der Waals surface area contributed by atoms with Crippen LogP contribution >= 0.6 is 0 Å². The number of esters is 5. The Hall–Kier alpha value is -5.74. The van der Waals surface area contributed by atoms with Crippen LogP contribution in [0.15, 0.2) is 102 Å². The van der Waals surface area contributed by atoms with E-state index in [1.54, 1.807) is 80.6 Å². The fraction of sp³-hybridized carbons (Fsp3) is 0.447. The van der Waals surface area contributed by atoms with Crippen LogP contribution in [-0.2, 0) is 47.6 Å². The standard InChI is InChI=1S/C47H50O15/c1-25-31(59-43(55)35(51)36(28-16-10-7-11-17-28)60-41(53)29-18-12-8-13-19-29)23-47(56)40(61-42(54)30-20-14-9-15-21-30)38-45(6,32(50)22-33-46(38,24-57-33)62-27(3)49)39(52)37(58-26(2)48)34(25)44(47,4)5/h7-21,31-33,35-38,40,50-51,56H,22-24H2,1-6H3/t31-,32+,33-,35-,36+,37-,38-,40-,45-,46+,47-/m1/s1. The summed E-state index contributed by atoms with van der Waals surface area (Å²) in [6.45, 7) is 7.91. The number of carbonyl (C=O) groups is 6. The third-order valence-corrected chi connectivity index (χ3v) is 13.3. The first-order valence-corrected chi connectivity index (χ1v) is 20.4. The molecule has 7 rings (SSSR count). The Morgan fingerprint density at radius 2 is 1.35 bits per heavy atom. The zero-order valence-corrected chi connectivity index (χ0v) is 35.1. The molecule has 4 aliphatic rings. The molecule has 1 aliphatic heterocycles. The zero-order valence-electron chi connectivity index (χ0n) is 35.1. The second-order valence-corrected chi connectivity index (χ2v) is 17.2. The molecule has 62 heavy (non-hydrogen) atoms. The summed E-state index contributed by atoms with van der Waals surface area (Å²) in [4.78, 5) is 83.3. The highest BCUT2D eigenvalue weighted by Crippen LogP contribution is 2.64. The van der Waals surface area contributed by atoms with Gasteiger partial charge >= 0.3 is 29.8 Å². The Kier molecular flexibility index (Phi) is 11.8. The molecule has 328 valence electrons. The van der Waals surface area contributed by atoms with Crippen molar-refractivity contribution in [1.29, 1.82) is 0 Å². The van der Waals surface area contributed by atoms with E-state index in [0.717, 1.165) is 13.8 Å². The number of aliphatic hydroxyl groups excluding tert-OH is 2. The third-order valence-electron chi connectivity index (χ3n) is 13.3. The highest BCUT2D eigenvalue weighted by molar-refractivity contribution is 5.96. The van der Waals surface area contributed by atoms with Crippen LogP contribution in [0.25, 0.3) is 0 Å². The Morgan fingerprint density at radius 3 is 1.89 bits per heavy atom. The van der Waals surface area contributed by atoms with E-state index >= 15 is 4.79 Å². The molecule has 3 aromatic carbocycles. The quantitative estimate of drug-likeness (QED) is 0.148. The monoisotopic (exact) mass is 854 g/mol. The number of rotatable bonds is 10. The van der Waals surface area contributed by atoms with Crippen molar-refractivity contribution in [2.45, 2.75) is 108 Å². The van der Waals surface area contributed by atoms with E-state index in [9.17, 15) is 39.3 Å². The van der Waals surface area contributed by atoms with E-state index in [2.05, 4.69) is 0 Å². The van der Waals surface area contributed by atoms with Gasteiger partial charge in [-0.15, -0.1) is 0 Å². The molecular weight excluding hydrogens is 805 g/mol. The van der Waals surface area contributed by atoms with Gasteiger partial charge in [0.2, 0.25) is 0 Å². The summed E-state index contributed by atoms with van der Waals surface area (Å²) in [7, 11) is 0. The number of hydrogen-bond donors (Lipinski definition) is 3. The summed E-state index contributed by atoms with van der Waals surface area (Å²) in [5.74, 6) is -7.20. The van der Waals surface area contributed by atoms with Gasteiger partial charge in [-0.05, 0) is 54.8 Å². The molecule has 2 saturated carbocycles. The molecule has 3 aromatic rings. The second-order valence-electron chi connectivity index (χ2n) is 17.2. The number of Topliss-reactive ketones (excluding diaryl/α,β-unsaturated/α-hetero) is 1. The third kappa shape index (κ3) is 7.29. The fourth-order valence-electron chi connectivity index (χ4n) is 10.1. The van der Waals surface area contributed by atoms with E-state index in [1.165, 1.54) is 38.1 Å². The highest BCUT2D eigenvalue weighted by atomic mass is 16.6. The number of benzene rings is 3. The van der Waals surface area contributed by atoms with Crippen molar-refractivity contribution in [3.05, 3.63) is 119 Å². The van der Waals surface area contributed by atoms with Gasteiger partial charge in [-0.2, -0.15) is 0 Å². The summed E-state index contributed by atoms with van der Waals surface area (Å²) >= 11 is 0. The average molecular weight is 855 g/mol. The Morgan fingerprint density at radius 1 is 0.790 bits per heavy atom. The molecule has 0 radical (unpaired) electrons. The molecule has 3 aliphatic carbocycles. The SMILES string of the molecule is CC(=O)O[C@H]1C(=O)[C@]2(C)[C@@H](O)C[C@H]3OC[C@@]3(OC(C)=O)[C@@H]2[C@@H](OC(=O)c2ccccc2)[C@]2(O)C[C@@H](OC(=O)[C@H](O)[C@@H](OC(=O)c3ccccc3)c3ccccc3)C(C)=C1C2(C)C. The van der Waals surface area contributed by atoms with Crippen molar-refractivity contribution >= 4 is 35.6 Å². The number of carbonyl (C=O) groups excluding carboxylic acids is 6. The molecule has 0 unspecified atom stereocenters.